The zero-order chi connectivity index (χ0) is 24.0. The van der Waals surface area contributed by atoms with Crippen LogP contribution in [0.3, 0.4) is 0 Å². The van der Waals surface area contributed by atoms with E-state index in [2.05, 4.69) is 25.1 Å². The lowest BCUT2D eigenvalue weighted by Gasteiger charge is -2.12. The Labute approximate surface area is 207 Å². The summed E-state index contributed by atoms with van der Waals surface area (Å²) in [6.07, 6.45) is 5.94. The van der Waals surface area contributed by atoms with E-state index in [-0.39, 0.29) is 12.5 Å². The fraction of sp³-hybridized carbons (Fsp3) is 0.231. The Morgan fingerprint density at radius 1 is 1.00 bits per heavy atom. The molecule has 1 aliphatic rings. The fourth-order valence-corrected chi connectivity index (χ4v) is 4.14. The van der Waals surface area contributed by atoms with E-state index in [1.807, 2.05) is 18.2 Å². The molecule has 2 aromatic carbocycles. The van der Waals surface area contributed by atoms with Crippen LogP contribution in [0.4, 0.5) is 5.69 Å². The second-order valence-electron chi connectivity index (χ2n) is 8.18. The minimum atomic E-state index is -0.285. The summed E-state index contributed by atoms with van der Waals surface area (Å²) < 4.78 is 13.4. The van der Waals surface area contributed by atoms with E-state index < -0.39 is 0 Å². The summed E-state index contributed by atoms with van der Waals surface area (Å²) in [4.78, 5) is 16.6. The maximum atomic E-state index is 12.5. The summed E-state index contributed by atoms with van der Waals surface area (Å²) in [5.41, 5.74) is 1.36. The highest BCUT2D eigenvalue weighted by molar-refractivity contribution is 6.33. The second kappa shape index (κ2) is 10.6. The molecule has 0 saturated heterocycles. The predicted octanol–water partition coefficient (Wildman–Crippen LogP) is 5.53. The van der Waals surface area contributed by atoms with Gasteiger partial charge in [0.25, 0.3) is 5.91 Å². The van der Waals surface area contributed by atoms with Crippen LogP contribution in [0.15, 0.2) is 66.9 Å². The van der Waals surface area contributed by atoms with Crippen LogP contribution in [0, 0.1) is 0 Å². The van der Waals surface area contributed by atoms with Crippen LogP contribution in [0.1, 0.15) is 25.1 Å². The van der Waals surface area contributed by atoms with Gasteiger partial charge in [-0.05, 0) is 61.4 Å². The van der Waals surface area contributed by atoms with Gasteiger partial charge in [-0.3, -0.25) is 4.79 Å². The number of fused-ring (bicyclic) bond motifs is 1. The van der Waals surface area contributed by atoms with Crippen molar-refractivity contribution in [1.82, 2.24) is 19.7 Å². The van der Waals surface area contributed by atoms with Crippen LogP contribution in [0.25, 0.3) is 11.4 Å². The van der Waals surface area contributed by atoms with Gasteiger partial charge in [-0.15, -0.1) is 10.2 Å². The molecule has 0 spiro atoms. The van der Waals surface area contributed by atoms with Crippen LogP contribution in [-0.4, -0.2) is 32.3 Å². The van der Waals surface area contributed by atoms with Crippen molar-refractivity contribution in [2.24, 2.45) is 0 Å². The Morgan fingerprint density at radius 3 is 2.69 bits per heavy atom. The summed E-state index contributed by atoms with van der Waals surface area (Å²) >= 11 is 6.48. The van der Waals surface area contributed by atoms with Gasteiger partial charge in [0.1, 0.15) is 17.3 Å². The Morgan fingerprint density at radius 2 is 1.86 bits per heavy atom. The molecule has 0 aliphatic carbocycles. The molecule has 0 atom stereocenters. The van der Waals surface area contributed by atoms with Crippen LogP contribution in [0.2, 0.25) is 5.02 Å². The molecule has 2 aromatic heterocycles. The normalized spacial score (nSPS) is 12.9. The van der Waals surface area contributed by atoms with E-state index >= 15 is 0 Å². The topological polar surface area (TPSA) is 91.2 Å². The number of rotatable bonds is 7. The zero-order valence-corrected chi connectivity index (χ0v) is 19.7. The summed E-state index contributed by atoms with van der Waals surface area (Å²) in [6, 6.07) is 17.8. The number of hydrogen-bond acceptors (Lipinski definition) is 6. The standard InChI is InChI=1S/C26H24ClN5O3/c27-22-13-8-18(16-21(22)26-31-30-23-6-2-1-5-15-32(23)26)29-24(33)17-34-19-9-11-20(12-10-19)35-25-7-3-4-14-28-25/h3-4,7-14,16H,1-2,5-6,15,17H2,(H,29,33). The monoisotopic (exact) mass is 489 g/mol. The number of amides is 1. The lowest BCUT2D eigenvalue weighted by Crippen LogP contribution is -2.20. The molecule has 1 amide bonds. The highest BCUT2D eigenvalue weighted by Gasteiger charge is 2.18. The van der Waals surface area contributed by atoms with Crippen molar-refractivity contribution < 1.29 is 14.3 Å². The molecule has 0 bridgehead atoms. The Kier molecular flexibility index (Phi) is 6.90. The smallest absolute Gasteiger partial charge is 0.262 e. The molecular weight excluding hydrogens is 466 g/mol. The molecule has 5 rings (SSSR count). The molecule has 9 heteroatoms. The molecule has 0 unspecified atom stereocenters. The number of ether oxygens (including phenoxy) is 2. The highest BCUT2D eigenvalue weighted by atomic mass is 35.5. The molecule has 178 valence electrons. The zero-order valence-electron chi connectivity index (χ0n) is 19.0. The molecular formula is C26H24ClN5O3. The van der Waals surface area contributed by atoms with Crippen molar-refractivity contribution in [2.75, 3.05) is 11.9 Å². The number of pyridine rings is 1. The maximum Gasteiger partial charge on any atom is 0.262 e. The molecule has 0 saturated carbocycles. The average molecular weight is 490 g/mol. The third-order valence-electron chi connectivity index (χ3n) is 5.65. The third-order valence-corrected chi connectivity index (χ3v) is 5.98. The van der Waals surface area contributed by atoms with Gasteiger partial charge in [-0.1, -0.05) is 24.1 Å². The molecule has 1 N–H and O–H groups in total. The number of aromatic nitrogens is 4. The molecule has 8 nitrogen and oxygen atoms in total. The van der Waals surface area contributed by atoms with Gasteiger partial charge >= 0.3 is 0 Å². The van der Waals surface area contributed by atoms with Crippen molar-refractivity contribution in [3.63, 3.8) is 0 Å². The van der Waals surface area contributed by atoms with Crippen LogP contribution < -0.4 is 14.8 Å². The van der Waals surface area contributed by atoms with Gasteiger partial charge in [-0.25, -0.2) is 4.98 Å². The average Bonchev–Trinajstić information content (AvgIpc) is 3.13. The molecule has 1 aliphatic heterocycles. The minimum Gasteiger partial charge on any atom is -0.484 e. The fourth-order valence-electron chi connectivity index (χ4n) is 3.94. The first-order valence-corrected chi connectivity index (χ1v) is 11.9. The first-order valence-electron chi connectivity index (χ1n) is 11.5. The van der Waals surface area contributed by atoms with Gasteiger partial charge < -0.3 is 19.4 Å². The summed E-state index contributed by atoms with van der Waals surface area (Å²) in [5, 5.41) is 12.2. The van der Waals surface area contributed by atoms with Crippen molar-refractivity contribution in [1.29, 1.82) is 0 Å². The van der Waals surface area contributed by atoms with E-state index in [0.29, 0.717) is 28.1 Å². The van der Waals surface area contributed by atoms with E-state index in [4.69, 9.17) is 21.1 Å². The SMILES string of the molecule is O=C(COc1ccc(Oc2ccccn2)cc1)Nc1ccc(Cl)c(-c2nnc3n2CCCCC3)c1. The van der Waals surface area contributed by atoms with Crippen LogP contribution >= 0.6 is 11.6 Å². The lowest BCUT2D eigenvalue weighted by molar-refractivity contribution is -0.118. The van der Waals surface area contributed by atoms with Crippen molar-refractivity contribution >= 4 is 23.2 Å². The van der Waals surface area contributed by atoms with Crippen LogP contribution in [-0.2, 0) is 17.8 Å². The molecule has 35 heavy (non-hydrogen) atoms. The first kappa shape index (κ1) is 22.9. The number of halogens is 1. The molecule has 4 aromatic rings. The molecule has 0 fully saturated rings. The number of nitrogens with one attached hydrogen (secondary N) is 1. The van der Waals surface area contributed by atoms with Gasteiger partial charge in [0.05, 0.1) is 5.02 Å². The number of carbonyl (C=O) groups is 1. The number of anilines is 1. The largest absolute Gasteiger partial charge is 0.484 e. The van der Waals surface area contributed by atoms with Crippen molar-refractivity contribution in [3.05, 3.63) is 77.7 Å². The van der Waals surface area contributed by atoms with Crippen molar-refractivity contribution in [3.8, 4) is 28.8 Å². The number of nitrogens with zero attached hydrogens (tertiary/aromatic N) is 4. The van der Waals surface area contributed by atoms with Gasteiger partial charge in [-0.2, -0.15) is 0 Å². The number of carbonyl (C=O) groups excluding carboxylic acids is 1. The lowest BCUT2D eigenvalue weighted by atomic mass is 10.1. The predicted molar refractivity (Wildman–Crippen MR) is 133 cm³/mol. The molecule has 0 radical (unpaired) electrons. The maximum absolute atomic E-state index is 12.5. The molecule has 3 heterocycles. The van der Waals surface area contributed by atoms with Gasteiger partial charge in [0.2, 0.25) is 5.88 Å². The second-order valence-corrected chi connectivity index (χ2v) is 8.58. The third kappa shape index (κ3) is 5.60. The van der Waals surface area contributed by atoms with E-state index in [9.17, 15) is 4.79 Å². The van der Waals surface area contributed by atoms with Gasteiger partial charge in [0.15, 0.2) is 12.4 Å². The first-order chi connectivity index (χ1) is 17.2. The van der Waals surface area contributed by atoms with E-state index in [1.165, 1.54) is 6.42 Å². The number of aryl methyl sites for hydroxylation is 1. The van der Waals surface area contributed by atoms with E-state index in [1.54, 1.807) is 48.7 Å². The quantitative estimate of drug-likeness (QED) is 0.367. The van der Waals surface area contributed by atoms with Gasteiger partial charge in [0, 0.05) is 36.5 Å². The summed E-state index contributed by atoms with van der Waals surface area (Å²) in [7, 11) is 0. The van der Waals surface area contributed by atoms with Crippen molar-refractivity contribution in [2.45, 2.75) is 32.2 Å². The Bertz CT molecular complexity index is 1310. The number of hydrogen-bond donors (Lipinski definition) is 1. The summed E-state index contributed by atoms with van der Waals surface area (Å²) in [5.74, 6) is 3.11. The van der Waals surface area contributed by atoms with Crippen LogP contribution in [0.5, 0.6) is 17.4 Å². The highest BCUT2D eigenvalue weighted by Crippen LogP contribution is 2.31. The minimum absolute atomic E-state index is 0.140. The summed E-state index contributed by atoms with van der Waals surface area (Å²) in [6.45, 7) is 0.725. The Hall–Kier alpha value is -3.91. The number of benzene rings is 2. The van der Waals surface area contributed by atoms with E-state index in [0.717, 1.165) is 43.0 Å². The Balaban J connectivity index is 1.20.